The molecule has 0 aliphatic rings. The predicted molar refractivity (Wildman–Crippen MR) is 77.1 cm³/mol. The van der Waals surface area contributed by atoms with Gasteiger partial charge in [0.1, 0.15) is 0 Å². The third-order valence-electron chi connectivity index (χ3n) is 3.10. The molecule has 3 nitrogen and oxygen atoms in total. The number of aromatic nitrogens is 2. The summed E-state index contributed by atoms with van der Waals surface area (Å²) in [6.07, 6.45) is 3.67. The number of furan rings is 1. The van der Waals surface area contributed by atoms with Crippen molar-refractivity contribution in [1.82, 2.24) is 9.97 Å². The molecule has 4 aromatic rings. The number of thiazole rings is 1. The molecule has 1 N–H and O–H groups in total. The lowest BCUT2D eigenvalue weighted by atomic mass is 10.1. The lowest BCUT2D eigenvalue weighted by Crippen LogP contribution is -1.76. The SMILES string of the molecule is c1coc(-c2nc(-c3c[nH]c4ccccc34)cs2)c1. The molecule has 0 saturated heterocycles. The van der Waals surface area contributed by atoms with Gasteiger partial charge < -0.3 is 9.40 Å². The van der Waals surface area contributed by atoms with Crippen molar-refractivity contribution in [3.05, 3.63) is 54.2 Å². The van der Waals surface area contributed by atoms with Crippen molar-refractivity contribution in [2.45, 2.75) is 0 Å². The molecule has 0 unspecified atom stereocenters. The number of hydrogen-bond donors (Lipinski definition) is 1. The predicted octanol–water partition coefficient (Wildman–Crippen LogP) is 4.55. The van der Waals surface area contributed by atoms with E-state index in [9.17, 15) is 0 Å². The summed E-state index contributed by atoms with van der Waals surface area (Å²) in [5.41, 5.74) is 3.24. The second-order valence-corrected chi connectivity index (χ2v) is 5.12. The van der Waals surface area contributed by atoms with Crippen LogP contribution in [0.25, 0.3) is 32.9 Å². The Labute approximate surface area is 113 Å². The van der Waals surface area contributed by atoms with Crippen molar-refractivity contribution < 1.29 is 4.42 Å². The Morgan fingerprint density at radius 3 is 2.95 bits per heavy atom. The second kappa shape index (κ2) is 4.10. The molecule has 4 heteroatoms. The Kier molecular flexibility index (Phi) is 2.28. The van der Waals surface area contributed by atoms with Gasteiger partial charge in [-0.25, -0.2) is 4.98 Å². The Bertz CT molecular complexity index is 827. The first-order chi connectivity index (χ1) is 9.42. The van der Waals surface area contributed by atoms with E-state index in [0.29, 0.717) is 0 Å². The maximum Gasteiger partial charge on any atom is 0.162 e. The molecule has 1 aromatic carbocycles. The van der Waals surface area contributed by atoms with Crippen molar-refractivity contribution in [1.29, 1.82) is 0 Å². The summed E-state index contributed by atoms with van der Waals surface area (Å²) >= 11 is 1.60. The number of benzene rings is 1. The summed E-state index contributed by atoms with van der Waals surface area (Å²) in [5.74, 6) is 0.816. The first-order valence-electron chi connectivity index (χ1n) is 5.98. The standard InChI is InChI=1S/C15H10N2OS/c1-2-5-12-10(4-1)11(8-16-12)13-9-19-15(17-13)14-6-3-7-18-14/h1-9,16H. The van der Waals surface area contributed by atoms with E-state index in [1.54, 1.807) is 17.6 Å². The fourth-order valence-electron chi connectivity index (χ4n) is 2.19. The summed E-state index contributed by atoms with van der Waals surface area (Å²) in [6, 6.07) is 12.0. The third kappa shape index (κ3) is 1.69. The summed E-state index contributed by atoms with van der Waals surface area (Å²) in [4.78, 5) is 7.92. The zero-order chi connectivity index (χ0) is 12.7. The van der Waals surface area contributed by atoms with Crippen LogP contribution in [0.1, 0.15) is 0 Å². The minimum Gasteiger partial charge on any atom is -0.462 e. The molecule has 0 spiro atoms. The molecular formula is C15H10N2OS. The third-order valence-corrected chi connectivity index (χ3v) is 3.96. The molecule has 3 heterocycles. The van der Waals surface area contributed by atoms with Gasteiger partial charge in [0.2, 0.25) is 0 Å². The van der Waals surface area contributed by atoms with Gasteiger partial charge in [0.25, 0.3) is 0 Å². The molecule has 0 fully saturated rings. The van der Waals surface area contributed by atoms with Crippen molar-refractivity contribution in [3.8, 4) is 22.0 Å². The van der Waals surface area contributed by atoms with Gasteiger partial charge in [0, 0.05) is 28.0 Å². The van der Waals surface area contributed by atoms with E-state index in [0.717, 1.165) is 27.5 Å². The maximum absolute atomic E-state index is 5.38. The number of nitrogens with zero attached hydrogens (tertiary/aromatic N) is 1. The van der Waals surface area contributed by atoms with Gasteiger partial charge in [-0.05, 0) is 18.2 Å². The summed E-state index contributed by atoms with van der Waals surface area (Å²) in [6.45, 7) is 0. The number of aromatic amines is 1. The van der Waals surface area contributed by atoms with E-state index >= 15 is 0 Å². The van der Waals surface area contributed by atoms with Gasteiger partial charge in [0.15, 0.2) is 10.8 Å². The smallest absolute Gasteiger partial charge is 0.162 e. The number of hydrogen-bond acceptors (Lipinski definition) is 3. The lowest BCUT2D eigenvalue weighted by molar-refractivity contribution is 0.582. The fraction of sp³-hybridized carbons (Fsp3) is 0. The normalized spacial score (nSPS) is 11.2. The van der Waals surface area contributed by atoms with E-state index < -0.39 is 0 Å². The van der Waals surface area contributed by atoms with E-state index in [2.05, 4.69) is 27.5 Å². The van der Waals surface area contributed by atoms with Gasteiger partial charge in [-0.2, -0.15) is 0 Å². The van der Waals surface area contributed by atoms with Crippen LogP contribution in [0.5, 0.6) is 0 Å². The molecule has 0 radical (unpaired) electrons. The van der Waals surface area contributed by atoms with Crippen LogP contribution in [-0.4, -0.2) is 9.97 Å². The molecule has 19 heavy (non-hydrogen) atoms. The molecular weight excluding hydrogens is 256 g/mol. The highest BCUT2D eigenvalue weighted by molar-refractivity contribution is 7.13. The molecule has 0 aliphatic carbocycles. The van der Waals surface area contributed by atoms with Gasteiger partial charge in [0.05, 0.1) is 12.0 Å². The lowest BCUT2D eigenvalue weighted by Gasteiger charge is -1.93. The van der Waals surface area contributed by atoms with Crippen molar-refractivity contribution in [2.24, 2.45) is 0 Å². The van der Waals surface area contributed by atoms with Gasteiger partial charge in [-0.15, -0.1) is 11.3 Å². The molecule has 0 atom stereocenters. The van der Waals surface area contributed by atoms with Crippen LogP contribution in [0.2, 0.25) is 0 Å². The quantitative estimate of drug-likeness (QED) is 0.578. The Balaban J connectivity index is 1.85. The van der Waals surface area contributed by atoms with E-state index in [4.69, 9.17) is 4.42 Å². The van der Waals surface area contributed by atoms with Gasteiger partial charge in [-0.3, -0.25) is 0 Å². The zero-order valence-corrected chi connectivity index (χ0v) is 10.8. The van der Waals surface area contributed by atoms with Crippen LogP contribution >= 0.6 is 11.3 Å². The van der Waals surface area contributed by atoms with E-state index in [1.807, 2.05) is 30.5 Å². The first-order valence-corrected chi connectivity index (χ1v) is 6.86. The monoisotopic (exact) mass is 266 g/mol. The van der Waals surface area contributed by atoms with Crippen molar-refractivity contribution in [3.63, 3.8) is 0 Å². The Hall–Kier alpha value is -2.33. The number of rotatable bonds is 2. The van der Waals surface area contributed by atoms with E-state index in [1.165, 1.54) is 5.39 Å². The van der Waals surface area contributed by atoms with Crippen LogP contribution in [0, 0.1) is 0 Å². The summed E-state index contributed by atoms with van der Waals surface area (Å²) in [5, 5.41) is 4.16. The number of nitrogens with one attached hydrogen (secondary N) is 1. The summed E-state index contributed by atoms with van der Waals surface area (Å²) < 4.78 is 5.38. The molecule has 92 valence electrons. The van der Waals surface area contributed by atoms with Crippen molar-refractivity contribution in [2.75, 3.05) is 0 Å². The van der Waals surface area contributed by atoms with Crippen LogP contribution in [0.4, 0.5) is 0 Å². The zero-order valence-electron chi connectivity index (χ0n) is 9.96. The molecule has 3 aromatic heterocycles. The minimum absolute atomic E-state index is 0.816. The fourth-order valence-corrected chi connectivity index (χ4v) is 2.98. The highest BCUT2D eigenvalue weighted by atomic mass is 32.1. The van der Waals surface area contributed by atoms with Crippen molar-refractivity contribution >= 4 is 22.2 Å². The molecule has 0 saturated carbocycles. The highest BCUT2D eigenvalue weighted by Crippen LogP contribution is 2.32. The average molecular weight is 266 g/mol. The number of fused-ring (bicyclic) bond motifs is 1. The topological polar surface area (TPSA) is 41.8 Å². The average Bonchev–Trinajstić information content (AvgIpc) is 3.18. The molecule has 0 aliphatic heterocycles. The minimum atomic E-state index is 0.816. The van der Waals surface area contributed by atoms with Crippen LogP contribution < -0.4 is 0 Å². The summed E-state index contributed by atoms with van der Waals surface area (Å²) in [7, 11) is 0. The maximum atomic E-state index is 5.38. The van der Waals surface area contributed by atoms with Crippen LogP contribution in [0.3, 0.4) is 0 Å². The van der Waals surface area contributed by atoms with Crippen LogP contribution in [0.15, 0.2) is 58.7 Å². The Morgan fingerprint density at radius 1 is 1.11 bits per heavy atom. The second-order valence-electron chi connectivity index (χ2n) is 4.26. The highest BCUT2D eigenvalue weighted by Gasteiger charge is 2.11. The number of H-pyrrole nitrogens is 1. The van der Waals surface area contributed by atoms with Crippen LogP contribution in [-0.2, 0) is 0 Å². The molecule has 0 amide bonds. The molecule has 4 rings (SSSR count). The van der Waals surface area contributed by atoms with E-state index in [-0.39, 0.29) is 0 Å². The van der Waals surface area contributed by atoms with Gasteiger partial charge >= 0.3 is 0 Å². The molecule has 0 bridgehead atoms. The van der Waals surface area contributed by atoms with Gasteiger partial charge in [-0.1, -0.05) is 18.2 Å². The first kappa shape index (κ1) is 10.6. The largest absolute Gasteiger partial charge is 0.462 e. The number of para-hydroxylation sites is 1. The Morgan fingerprint density at radius 2 is 2.05 bits per heavy atom.